The van der Waals surface area contributed by atoms with E-state index in [0.29, 0.717) is 12.1 Å². The summed E-state index contributed by atoms with van der Waals surface area (Å²) in [5.41, 5.74) is 1.96. The molecule has 0 aliphatic heterocycles. The number of hydrogen-bond acceptors (Lipinski definition) is 2. The highest BCUT2D eigenvalue weighted by atomic mass is 15.0. The molecule has 1 aliphatic carbocycles. The lowest BCUT2D eigenvalue weighted by Crippen LogP contribution is -2.33. The van der Waals surface area contributed by atoms with Gasteiger partial charge in [0.15, 0.2) is 0 Å². The number of benzene rings is 1. The lowest BCUT2D eigenvalue weighted by Gasteiger charge is -2.23. The molecule has 0 bridgehead atoms. The van der Waals surface area contributed by atoms with Gasteiger partial charge in [-0.05, 0) is 43.4 Å². The zero-order chi connectivity index (χ0) is 12.3. The molecule has 1 aromatic carbocycles. The fourth-order valence-electron chi connectivity index (χ4n) is 2.69. The van der Waals surface area contributed by atoms with E-state index in [1.165, 1.54) is 24.8 Å². The average Bonchev–Trinajstić information content (AvgIpc) is 2.75. The van der Waals surface area contributed by atoms with E-state index in [1.54, 1.807) is 0 Å². The Morgan fingerprint density at radius 3 is 2.88 bits per heavy atom. The predicted molar refractivity (Wildman–Crippen MR) is 69.5 cm³/mol. The summed E-state index contributed by atoms with van der Waals surface area (Å²) < 4.78 is 0. The van der Waals surface area contributed by atoms with Crippen LogP contribution >= 0.6 is 0 Å². The molecular weight excluding hydrogens is 208 g/mol. The van der Waals surface area contributed by atoms with Gasteiger partial charge in [-0.15, -0.1) is 0 Å². The van der Waals surface area contributed by atoms with Crippen LogP contribution in [0.4, 0.5) is 0 Å². The van der Waals surface area contributed by atoms with E-state index >= 15 is 0 Å². The monoisotopic (exact) mass is 228 g/mol. The van der Waals surface area contributed by atoms with Gasteiger partial charge in [0.2, 0.25) is 0 Å². The Morgan fingerprint density at radius 2 is 2.24 bits per heavy atom. The van der Waals surface area contributed by atoms with Crippen LogP contribution in [-0.2, 0) is 0 Å². The smallest absolute Gasteiger partial charge is 0.0991 e. The van der Waals surface area contributed by atoms with Crippen LogP contribution in [0.5, 0.6) is 0 Å². The molecule has 3 atom stereocenters. The van der Waals surface area contributed by atoms with Gasteiger partial charge in [-0.2, -0.15) is 5.26 Å². The maximum absolute atomic E-state index is 8.90. The first-order valence-corrected chi connectivity index (χ1v) is 6.47. The van der Waals surface area contributed by atoms with Gasteiger partial charge in [-0.3, -0.25) is 0 Å². The number of nitrogens with one attached hydrogen (secondary N) is 1. The Labute approximate surface area is 104 Å². The summed E-state index contributed by atoms with van der Waals surface area (Å²) in [7, 11) is 0. The van der Waals surface area contributed by atoms with Crippen LogP contribution in [-0.4, -0.2) is 6.04 Å². The molecule has 1 fully saturated rings. The molecule has 1 aliphatic rings. The van der Waals surface area contributed by atoms with E-state index in [9.17, 15) is 0 Å². The Bertz CT molecular complexity index is 419. The quantitative estimate of drug-likeness (QED) is 0.860. The Hall–Kier alpha value is -1.33. The van der Waals surface area contributed by atoms with Gasteiger partial charge in [0.1, 0.15) is 0 Å². The van der Waals surface area contributed by atoms with Crippen LogP contribution in [0, 0.1) is 17.2 Å². The van der Waals surface area contributed by atoms with Crippen molar-refractivity contribution in [1.82, 2.24) is 5.32 Å². The largest absolute Gasteiger partial charge is 0.307 e. The van der Waals surface area contributed by atoms with Crippen molar-refractivity contribution < 1.29 is 0 Å². The van der Waals surface area contributed by atoms with Gasteiger partial charge < -0.3 is 5.32 Å². The summed E-state index contributed by atoms with van der Waals surface area (Å²) in [5, 5.41) is 12.6. The predicted octanol–water partition coefficient (Wildman–Crippen LogP) is 3.40. The second-order valence-electron chi connectivity index (χ2n) is 5.14. The zero-order valence-electron chi connectivity index (χ0n) is 10.6. The number of nitrogens with zero attached hydrogens (tertiary/aromatic N) is 1. The van der Waals surface area contributed by atoms with Crippen LogP contribution in [0.15, 0.2) is 24.3 Å². The number of rotatable bonds is 3. The average molecular weight is 228 g/mol. The number of hydrogen-bond donors (Lipinski definition) is 1. The third kappa shape index (κ3) is 2.87. The minimum Gasteiger partial charge on any atom is -0.307 e. The van der Waals surface area contributed by atoms with E-state index in [1.807, 2.05) is 18.2 Å². The third-order valence-corrected chi connectivity index (χ3v) is 3.84. The van der Waals surface area contributed by atoms with Gasteiger partial charge in [-0.25, -0.2) is 0 Å². The van der Waals surface area contributed by atoms with Crippen LogP contribution in [0.1, 0.15) is 50.3 Å². The molecule has 1 saturated carbocycles. The van der Waals surface area contributed by atoms with Crippen molar-refractivity contribution >= 4 is 0 Å². The normalized spacial score (nSPS) is 25.5. The minimum absolute atomic E-state index is 0.328. The van der Waals surface area contributed by atoms with Gasteiger partial charge >= 0.3 is 0 Å². The topological polar surface area (TPSA) is 35.8 Å². The first-order valence-electron chi connectivity index (χ1n) is 6.47. The van der Waals surface area contributed by atoms with E-state index in [2.05, 4.69) is 31.3 Å². The van der Waals surface area contributed by atoms with Crippen LogP contribution in [0.3, 0.4) is 0 Å². The summed E-state index contributed by atoms with van der Waals surface area (Å²) in [6, 6.07) is 11.1. The van der Waals surface area contributed by atoms with Crippen molar-refractivity contribution in [3.05, 3.63) is 35.4 Å². The molecule has 3 unspecified atom stereocenters. The SMILES string of the molecule is CC(NC1CCCC1C)c1cccc(C#N)c1. The van der Waals surface area contributed by atoms with Crippen molar-refractivity contribution in [1.29, 1.82) is 5.26 Å². The fraction of sp³-hybridized carbons (Fsp3) is 0.533. The zero-order valence-corrected chi connectivity index (χ0v) is 10.6. The van der Waals surface area contributed by atoms with Crippen molar-refractivity contribution in [2.24, 2.45) is 5.92 Å². The number of nitriles is 1. The van der Waals surface area contributed by atoms with Crippen molar-refractivity contribution in [2.45, 2.75) is 45.2 Å². The minimum atomic E-state index is 0.328. The third-order valence-electron chi connectivity index (χ3n) is 3.84. The molecule has 0 saturated heterocycles. The molecule has 17 heavy (non-hydrogen) atoms. The molecule has 2 nitrogen and oxygen atoms in total. The molecule has 0 amide bonds. The Morgan fingerprint density at radius 1 is 1.41 bits per heavy atom. The summed E-state index contributed by atoms with van der Waals surface area (Å²) >= 11 is 0. The molecule has 0 spiro atoms. The molecule has 0 heterocycles. The van der Waals surface area contributed by atoms with Crippen molar-refractivity contribution in [2.75, 3.05) is 0 Å². The second-order valence-corrected chi connectivity index (χ2v) is 5.14. The second kappa shape index (κ2) is 5.33. The summed E-state index contributed by atoms with van der Waals surface area (Å²) in [6.45, 7) is 4.50. The van der Waals surface area contributed by atoms with E-state index < -0.39 is 0 Å². The maximum Gasteiger partial charge on any atom is 0.0991 e. The lowest BCUT2D eigenvalue weighted by molar-refractivity contribution is 0.388. The molecule has 2 heteroatoms. The first kappa shape index (κ1) is 12.1. The highest BCUT2D eigenvalue weighted by molar-refractivity contribution is 5.34. The van der Waals surface area contributed by atoms with Crippen LogP contribution in [0.25, 0.3) is 0 Å². The Balaban J connectivity index is 2.04. The van der Waals surface area contributed by atoms with E-state index in [0.717, 1.165) is 11.5 Å². The van der Waals surface area contributed by atoms with Gasteiger partial charge in [-0.1, -0.05) is 25.5 Å². The highest BCUT2D eigenvalue weighted by Gasteiger charge is 2.24. The maximum atomic E-state index is 8.90. The van der Waals surface area contributed by atoms with E-state index in [4.69, 9.17) is 5.26 Å². The molecule has 0 aromatic heterocycles. The van der Waals surface area contributed by atoms with Gasteiger partial charge in [0, 0.05) is 12.1 Å². The highest BCUT2D eigenvalue weighted by Crippen LogP contribution is 2.27. The van der Waals surface area contributed by atoms with Gasteiger partial charge in [0.25, 0.3) is 0 Å². The van der Waals surface area contributed by atoms with Crippen molar-refractivity contribution in [3.8, 4) is 6.07 Å². The van der Waals surface area contributed by atoms with E-state index in [-0.39, 0.29) is 0 Å². The summed E-state index contributed by atoms with van der Waals surface area (Å²) in [6.07, 6.45) is 3.95. The first-order chi connectivity index (χ1) is 8.20. The molecule has 1 N–H and O–H groups in total. The van der Waals surface area contributed by atoms with Crippen LogP contribution < -0.4 is 5.32 Å². The standard InChI is InChI=1S/C15H20N2/c1-11-5-3-8-15(11)17-12(2)14-7-4-6-13(9-14)10-16/h4,6-7,9,11-12,15,17H,3,5,8H2,1-2H3. The lowest BCUT2D eigenvalue weighted by atomic mass is 10.0. The molecular formula is C15H20N2. The molecule has 90 valence electrons. The summed E-state index contributed by atoms with van der Waals surface area (Å²) in [5.74, 6) is 0.775. The van der Waals surface area contributed by atoms with Gasteiger partial charge in [0.05, 0.1) is 11.6 Å². The van der Waals surface area contributed by atoms with Crippen LogP contribution in [0.2, 0.25) is 0 Å². The Kier molecular flexibility index (Phi) is 3.81. The molecule has 0 radical (unpaired) electrons. The molecule has 1 aromatic rings. The molecule has 2 rings (SSSR count). The van der Waals surface area contributed by atoms with Crippen molar-refractivity contribution in [3.63, 3.8) is 0 Å². The summed E-state index contributed by atoms with van der Waals surface area (Å²) in [4.78, 5) is 0. The fourth-order valence-corrected chi connectivity index (χ4v) is 2.69.